The van der Waals surface area contributed by atoms with E-state index in [0.29, 0.717) is 23.3 Å². The zero-order valence-electron chi connectivity index (χ0n) is 24.5. The molecule has 0 saturated carbocycles. The van der Waals surface area contributed by atoms with Gasteiger partial charge in [0, 0.05) is 17.7 Å². The Morgan fingerprint density at radius 2 is 1.07 bits per heavy atom. The molecule has 0 radical (unpaired) electrons. The van der Waals surface area contributed by atoms with E-state index in [0.717, 1.165) is 99.8 Å². The molecule has 5 heterocycles. The highest BCUT2D eigenvalue weighted by molar-refractivity contribution is 5.74. The van der Waals surface area contributed by atoms with E-state index < -0.39 is 0 Å². The molecule has 8 heteroatoms. The Balaban J connectivity index is 1.91. The first-order chi connectivity index (χ1) is 19.6. The molecule has 3 aromatic rings. The molecule has 40 heavy (non-hydrogen) atoms. The number of aromatic amines is 1. The number of rotatable bonds is 12. The number of aryl methyl sites for hydroxylation is 4. The van der Waals surface area contributed by atoms with Crippen LogP contribution in [-0.4, -0.2) is 39.5 Å². The minimum atomic E-state index is 0.595. The quantitative estimate of drug-likeness (QED) is 0.176. The summed E-state index contributed by atoms with van der Waals surface area (Å²) in [5.74, 6) is 2.50. The van der Waals surface area contributed by atoms with E-state index >= 15 is 0 Å². The van der Waals surface area contributed by atoms with Crippen molar-refractivity contribution in [3.63, 3.8) is 0 Å². The molecular formula is C32H42N8. The zero-order valence-corrected chi connectivity index (χ0v) is 24.5. The molecule has 1 N–H and O–H groups in total. The zero-order chi connectivity index (χ0) is 27.9. The lowest BCUT2D eigenvalue weighted by Crippen LogP contribution is -2.01. The van der Waals surface area contributed by atoms with Gasteiger partial charge in [-0.15, -0.1) is 0 Å². The number of unbranched alkanes of at least 4 members (excludes halogenated alkanes) is 4. The number of hydrogen-bond donors (Lipinski definition) is 1. The van der Waals surface area contributed by atoms with Crippen LogP contribution in [0.4, 0.5) is 0 Å². The molecule has 8 nitrogen and oxygen atoms in total. The van der Waals surface area contributed by atoms with Gasteiger partial charge in [-0.25, -0.2) is 29.9 Å². The lowest BCUT2D eigenvalue weighted by Gasteiger charge is -2.05. The number of hydrogen-bond acceptors (Lipinski definition) is 6. The molecular weight excluding hydrogens is 496 g/mol. The predicted octanol–water partition coefficient (Wildman–Crippen LogP) is 7.54. The minimum absolute atomic E-state index is 0.595. The van der Waals surface area contributed by atoms with E-state index in [1.54, 1.807) is 0 Å². The van der Waals surface area contributed by atoms with Crippen molar-refractivity contribution in [3.8, 4) is 0 Å². The highest BCUT2D eigenvalue weighted by Crippen LogP contribution is 2.28. The van der Waals surface area contributed by atoms with E-state index in [9.17, 15) is 0 Å². The van der Waals surface area contributed by atoms with Crippen LogP contribution in [0, 0.1) is 0 Å². The predicted molar refractivity (Wildman–Crippen MR) is 164 cm³/mol. The van der Waals surface area contributed by atoms with Crippen LogP contribution < -0.4 is 0 Å². The van der Waals surface area contributed by atoms with Crippen molar-refractivity contribution in [2.75, 3.05) is 0 Å². The molecule has 210 valence electrons. The molecule has 2 aliphatic heterocycles. The number of aromatic nitrogens is 8. The molecule has 0 fully saturated rings. The van der Waals surface area contributed by atoms with Gasteiger partial charge in [0.1, 0.15) is 22.6 Å². The van der Waals surface area contributed by atoms with E-state index in [1.165, 1.54) is 16.7 Å². The first kappa shape index (κ1) is 27.9. The van der Waals surface area contributed by atoms with E-state index in [2.05, 4.69) is 53.3 Å². The van der Waals surface area contributed by atoms with Crippen molar-refractivity contribution in [3.05, 3.63) is 46.1 Å². The third kappa shape index (κ3) is 6.21. The Kier molecular flexibility index (Phi) is 9.14. The van der Waals surface area contributed by atoms with E-state index in [-0.39, 0.29) is 0 Å². The number of nitrogens with zero attached hydrogens (tertiary/aromatic N) is 7. The lowest BCUT2D eigenvalue weighted by molar-refractivity contribution is 0.653. The van der Waals surface area contributed by atoms with Gasteiger partial charge in [0.2, 0.25) is 0 Å². The lowest BCUT2D eigenvalue weighted by atomic mass is 10.0. The molecule has 2 aliphatic rings. The van der Waals surface area contributed by atoms with Crippen LogP contribution >= 0.6 is 0 Å². The Labute approximate surface area is 237 Å². The Bertz CT molecular complexity index is 1560. The molecule has 0 atom stereocenters. The highest BCUT2D eigenvalue weighted by atomic mass is 15.1. The van der Waals surface area contributed by atoms with Gasteiger partial charge in [-0.1, -0.05) is 53.4 Å². The fourth-order valence-corrected chi connectivity index (χ4v) is 5.29. The average molecular weight is 539 g/mol. The van der Waals surface area contributed by atoms with E-state index in [4.69, 9.17) is 19.9 Å². The van der Waals surface area contributed by atoms with Gasteiger partial charge < -0.3 is 9.55 Å². The molecule has 8 bridgehead atoms. The number of H-pyrrole nitrogens is 1. The van der Waals surface area contributed by atoms with Crippen LogP contribution in [0.3, 0.4) is 0 Å². The van der Waals surface area contributed by atoms with Crippen molar-refractivity contribution < 1.29 is 0 Å². The second-order valence-corrected chi connectivity index (χ2v) is 10.7. The van der Waals surface area contributed by atoms with Crippen molar-refractivity contribution in [1.29, 1.82) is 0 Å². The second kappa shape index (κ2) is 13.1. The van der Waals surface area contributed by atoms with Crippen molar-refractivity contribution in [2.24, 2.45) is 0 Å². The summed E-state index contributed by atoms with van der Waals surface area (Å²) in [6.07, 6.45) is 19.5. The van der Waals surface area contributed by atoms with Gasteiger partial charge >= 0.3 is 0 Å². The molecule has 0 spiro atoms. The van der Waals surface area contributed by atoms with Gasteiger partial charge in [-0.2, -0.15) is 0 Å². The first-order valence-electron chi connectivity index (χ1n) is 15.2. The molecule has 0 unspecified atom stereocenters. The highest BCUT2D eigenvalue weighted by Gasteiger charge is 2.19. The third-order valence-corrected chi connectivity index (χ3v) is 7.50. The summed E-state index contributed by atoms with van der Waals surface area (Å²) < 4.78 is 2.36. The maximum atomic E-state index is 5.43. The maximum Gasteiger partial charge on any atom is 0.156 e. The Morgan fingerprint density at radius 3 is 1.65 bits per heavy atom. The fraction of sp³-hybridized carbons (Fsp3) is 0.500. The topological polar surface area (TPSA) is 98.1 Å². The Morgan fingerprint density at radius 1 is 0.575 bits per heavy atom. The second-order valence-electron chi connectivity index (χ2n) is 10.7. The minimum Gasteiger partial charge on any atom is -0.325 e. The van der Waals surface area contributed by atoms with Crippen molar-refractivity contribution >= 4 is 46.9 Å². The summed E-state index contributed by atoms with van der Waals surface area (Å²) in [6.45, 7) is 9.85. The molecule has 0 aromatic carbocycles. The Hall–Kier alpha value is -3.68. The summed E-state index contributed by atoms with van der Waals surface area (Å²) in [6, 6.07) is 2.14. The molecule has 5 rings (SSSR count). The molecule has 0 saturated heterocycles. The number of nitrogens with one attached hydrogen (secondary N) is 1. The first-order valence-corrected chi connectivity index (χ1v) is 15.2. The SMILES string of the molecule is CCCCc1cc2nc3nc(nc4nc(nc5c(CCCC)c(CCCC)c(nc1[nH]2)n5CCCC)C=C4)C=C3. The fourth-order valence-electron chi connectivity index (χ4n) is 5.29. The maximum absolute atomic E-state index is 5.43. The summed E-state index contributed by atoms with van der Waals surface area (Å²) in [5, 5.41) is 0. The van der Waals surface area contributed by atoms with Crippen LogP contribution in [0.2, 0.25) is 0 Å². The molecule has 0 amide bonds. The third-order valence-electron chi connectivity index (χ3n) is 7.50. The van der Waals surface area contributed by atoms with Crippen LogP contribution in [0.15, 0.2) is 6.07 Å². The standard InChI is InChI=1S/C32H42N8/c1-5-9-13-22-21-29-36-27-17-16-25(34-27)33-26-18-19-28(35-26)38-31-23(14-10-6-2)24(15-11-7-3)32(39-30(22)37-29)40(31)20-12-8-4/h16-19,21H,5-15,20H2,1-4H3,(H,33,34,35,36,37,38,39). The smallest absolute Gasteiger partial charge is 0.156 e. The molecule has 3 aromatic heterocycles. The summed E-state index contributed by atoms with van der Waals surface area (Å²) in [4.78, 5) is 33.0. The number of fused-ring (bicyclic) bond motifs is 8. The van der Waals surface area contributed by atoms with Gasteiger partial charge in [0.25, 0.3) is 0 Å². The van der Waals surface area contributed by atoms with Crippen LogP contribution in [0.25, 0.3) is 46.9 Å². The van der Waals surface area contributed by atoms with Crippen LogP contribution in [0.5, 0.6) is 0 Å². The van der Waals surface area contributed by atoms with Crippen molar-refractivity contribution in [1.82, 2.24) is 39.5 Å². The average Bonchev–Trinajstić information content (AvgIpc) is 3.72. The van der Waals surface area contributed by atoms with Gasteiger partial charge in [-0.3, -0.25) is 0 Å². The normalized spacial score (nSPS) is 12.5. The summed E-state index contributed by atoms with van der Waals surface area (Å²) >= 11 is 0. The largest absolute Gasteiger partial charge is 0.325 e. The van der Waals surface area contributed by atoms with Crippen molar-refractivity contribution in [2.45, 2.75) is 105 Å². The van der Waals surface area contributed by atoms with E-state index in [1.807, 2.05) is 24.3 Å². The van der Waals surface area contributed by atoms with Crippen LogP contribution in [0.1, 0.15) is 119 Å². The van der Waals surface area contributed by atoms with Gasteiger partial charge in [-0.05, 0) is 80.9 Å². The van der Waals surface area contributed by atoms with Gasteiger partial charge in [0.15, 0.2) is 23.3 Å². The van der Waals surface area contributed by atoms with Crippen LogP contribution in [-0.2, 0) is 25.8 Å². The monoisotopic (exact) mass is 538 g/mol. The summed E-state index contributed by atoms with van der Waals surface area (Å²) in [5.41, 5.74) is 7.56. The van der Waals surface area contributed by atoms with Gasteiger partial charge in [0.05, 0.1) is 0 Å². The summed E-state index contributed by atoms with van der Waals surface area (Å²) in [7, 11) is 0. The molecule has 0 aliphatic carbocycles.